The molecule has 16 heavy (non-hydrogen) atoms. The van der Waals surface area contributed by atoms with Crippen molar-refractivity contribution in [3.05, 3.63) is 17.5 Å². The molecule has 0 amide bonds. The van der Waals surface area contributed by atoms with Crippen molar-refractivity contribution in [2.75, 3.05) is 7.11 Å². The van der Waals surface area contributed by atoms with E-state index in [1.807, 2.05) is 0 Å². The topological polar surface area (TPSA) is 31.4 Å². The third kappa shape index (κ3) is 2.74. The molecule has 0 aliphatic rings. The van der Waals surface area contributed by atoms with Gasteiger partial charge in [0.1, 0.15) is 12.4 Å². The second-order valence-corrected chi connectivity index (χ2v) is 2.93. The molecule has 0 atom stereocenters. The van der Waals surface area contributed by atoms with E-state index in [1.54, 1.807) is 0 Å². The van der Waals surface area contributed by atoms with Crippen molar-refractivity contribution in [1.82, 2.24) is 4.98 Å². The number of hydrogen-bond acceptors (Lipinski definition) is 3. The van der Waals surface area contributed by atoms with Gasteiger partial charge >= 0.3 is 6.36 Å². The first kappa shape index (κ1) is 12.5. The van der Waals surface area contributed by atoms with Gasteiger partial charge in [-0.2, -0.15) is 0 Å². The highest BCUT2D eigenvalue weighted by Crippen LogP contribution is 2.37. The number of rotatable bonds is 3. The first-order valence-corrected chi connectivity index (χ1v) is 4.23. The van der Waals surface area contributed by atoms with Crippen LogP contribution in [0.15, 0.2) is 6.20 Å². The molecule has 1 aromatic heterocycles. The maximum Gasteiger partial charge on any atom is 0.573 e. The van der Waals surface area contributed by atoms with Crippen LogP contribution in [0, 0.1) is 6.92 Å². The van der Waals surface area contributed by atoms with Gasteiger partial charge in [-0.1, -0.05) is 0 Å². The largest absolute Gasteiger partial charge is 0.573 e. The average Bonchev–Trinajstić information content (AvgIpc) is 2.19. The number of nitrogens with zero attached hydrogens (tertiary/aromatic N) is 1. The summed E-state index contributed by atoms with van der Waals surface area (Å²) in [6, 6.07) is 0. The molecule has 0 aromatic carbocycles. The van der Waals surface area contributed by atoms with Crippen molar-refractivity contribution in [3.63, 3.8) is 0 Å². The van der Waals surface area contributed by atoms with Gasteiger partial charge in [-0.25, -0.2) is 4.39 Å². The molecule has 3 nitrogen and oxygen atoms in total. The van der Waals surface area contributed by atoms with Gasteiger partial charge < -0.3 is 9.47 Å². The Labute approximate surface area is 89.0 Å². The van der Waals surface area contributed by atoms with Gasteiger partial charge in [-0.3, -0.25) is 4.98 Å². The number of aromatic nitrogens is 1. The molecule has 0 saturated carbocycles. The molecule has 1 rings (SSSR count). The maximum absolute atomic E-state index is 12.4. The predicted octanol–water partition coefficient (Wildman–Crippen LogP) is 2.77. The Morgan fingerprint density at radius 2 is 1.94 bits per heavy atom. The quantitative estimate of drug-likeness (QED) is 0.760. The fraction of sp³-hybridized carbons (Fsp3) is 0.444. The monoisotopic (exact) mass is 239 g/mol. The highest BCUT2D eigenvalue weighted by atomic mass is 19.4. The molecule has 0 radical (unpaired) electrons. The van der Waals surface area contributed by atoms with Gasteiger partial charge in [0, 0.05) is 11.8 Å². The van der Waals surface area contributed by atoms with Crippen LogP contribution in [-0.2, 0) is 6.67 Å². The lowest BCUT2D eigenvalue weighted by atomic mass is 10.2. The van der Waals surface area contributed by atoms with Crippen molar-refractivity contribution in [1.29, 1.82) is 0 Å². The van der Waals surface area contributed by atoms with Crippen molar-refractivity contribution in [2.45, 2.75) is 20.0 Å². The molecule has 7 heteroatoms. The number of pyridine rings is 1. The molecule has 0 aliphatic heterocycles. The summed E-state index contributed by atoms with van der Waals surface area (Å²) in [6.45, 7) is 0.330. The zero-order chi connectivity index (χ0) is 12.3. The summed E-state index contributed by atoms with van der Waals surface area (Å²) in [5, 5.41) is 0. The summed E-state index contributed by atoms with van der Waals surface area (Å²) >= 11 is 0. The van der Waals surface area contributed by atoms with Crippen LogP contribution in [0.4, 0.5) is 17.6 Å². The number of alkyl halides is 4. The second kappa shape index (κ2) is 4.54. The van der Waals surface area contributed by atoms with E-state index < -0.39 is 18.8 Å². The standard InChI is InChI=1S/C9H9F4NO2/c1-5-4-14-6(3-10)8(15-2)7(5)16-9(11,12)13/h4H,3H2,1-2H3. The van der Waals surface area contributed by atoms with Crippen LogP contribution in [0.2, 0.25) is 0 Å². The molecule has 0 saturated heterocycles. The Hall–Kier alpha value is -1.53. The number of halogens is 4. The van der Waals surface area contributed by atoms with Crippen LogP contribution in [0.25, 0.3) is 0 Å². The molecular weight excluding hydrogens is 230 g/mol. The maximum atomic E-state index is 12.4. The smallest absolute Gasteiger partial charge is 0.491 e. The summed E-state index contributed by atoms with van der Waals surface area (Å²) in [4.78, 5) is 3.61. The lowest BCUT2D eigenvalue weighted by Gasteiger charge is -2.15. The predicted molar refractivity (Wildman–Crippen MR) is 47.0 cm³/mol. The van der Waals surface area contributed by atoms with Gasteiger partial charge in [-0.05, 0) is 6.92 Å². The highest BCUT2D eigenvalue weighted by molar-refractivity contribution is 5.47. The van der Waals surface area contributed by atoms with Crippen molar-refractivity contribution >= 4 is 0 Å². The molecule has 90 valence electrons. The molecule has 0 fully saturated rings. The van der Waals surface area contributed by atoms with E-state index in [2.05, 4.69) is 14.5 Å². The van der Waals surface area contributed by atoms with Crippen LogP contribution in [-0.4, -0.2) is 18.5 Å². The van der Waals surface area contributed by atoms with Crippen molar-refractivity contribution in [3.8, 4) is 11.5 Å². The van der Waals surface area contributed by atoms with Gasteiger partial charge in [0.05, 0.1) is 7.11 Å². The minimum atomic E-state index is -4.85. The molecule has 0 aliphatic carbocycles. The van der Waals surface area contributed by atoms with E-state index >= 15 is 0 Å². The molecular formula is C9H9F4NO2. The minimum absolute atomic E-state index is 0.117. The lowest BCUT2D eigenvalue weighted by molar-refractivity contribution is -0.275. The van der Waals surface area contributed by atoms with Crippen LogP contribution in [0.1, 0.15) is 11.3 Å². The lowest BCUT2D eigenvalue weighted by Crippen LogP contribution is -2.19. The normalized spacial score (nSPS) is 11.4. The molecule has 0 unspecified atom stereocenters. The fourth-order valence-corrected chi connectivity index (χ4v) is 1.15. The summed E-state index contributed by atoms with van der Waals surface area (Å²) in [5.74, 6) is -0.891. The van der Waals surface area contributed by atoms with Crippen LogP contribution in [0.3, 0.4) is 0 Å². The third-order valence-electron chi connectivity index (χ3n) is 1.79. The van der Waals surface area contributed by atoms with Crippen LogP contribution in [0.5, 0.6) is 11.5 Å². The number of methoxy groups -OCH3 is 1. The van der Waals surface area contributed by atoms with Crippen LogP contribution >= 0.6 is 0 Å². The molecule has 1 heterocycles. The number of ether oxygens (including phenoxy) is 2. The minimum Gasteiger partial charge on any atom is -0.491 e. The average molecular weight is 239 g/mol. The molecule has 0 spiro atoms. The van der Waals surface area contributed by atoms with E-state index in [-0.39, 0.29) is 17.0 Å². The van der Waals surface area contributed by atoms with Gasteiger partial charge in [0.25, 0.3) is 0 Å². The van der Waals surface area contributed by atoms with E-state index in [4.69, 9.17) is 0 Å². The van der Waals surface area contributed by atoms with Crippen LogP contribution < -0.4 is 9.47 Å². The Bertz CT molecular complexity index is 379. The van der Waals surface area contributed by atoms with Crippen molar-refractivity contribution in [2.24, 2.45) is 0 Å². The first-order chi connectivity index (χ1) is 7.39. The Kier molecular flexibility index (Phi) is 3.56. The van der Waals surface area contributed by atoms with E-state index in [1.165, 1.54) is 6.92 Å². The number of hydrogen-bond donors (Lipinski definition) is 0. The SMILES string of the molecule is COc1c(CF)ncc(C)c1OC(F)(F)F. The zero-order valence-electron chi connectivity index (χ0n) is 8.56. The Balaban J connectivity index is 3.23. The zero-order valence-corrected chi connectivity index (χ0v) is 8.56. The number of aryl methyl sites for hydroxylation is 1. The molecule has 1 aromatic rings. The summed E-state index contributed by atoms with van der Waals surface area (Å²) < 4.78 is 57.1. The molecule has 0 N–H and O–H groups in total. The van der Waals surface area contributed by atoms with Gasteiger partial charge in [-0.15, -0.1) is 13.2 Å². The second-order valence-electron chi connectivity index (χ2n) is 2.93. The molecule has 0 bridgehead atoms. The van der Waals surface area contributed by atoms with E-state index in [0.717, 1.165) is 13.3 Å². The van der Waals surface area contributed by atoms with E-state index in [9.17, 15) is 17.6 Å². The summed E-state index contributed by atoms with van der Waals surface area (Å²) in [6.07, 6.45) is -3.76. The first-order valence-electron chi connectivity index (χ1n) is 4.23. The third-order valence-corrected chi connectivity index (χ3v) is 1.79. The van der Waals surface area contributed by atoms with Crippen molar-refractivity contribution < 1.29 is 27.0 Å². The van der Waals surface area contributed by atoms with Gasteiger partial charge in [0.15, 0.2) is 11.5 Å². The summed E-state index contributed by atoms with van der Waals surface area (Å²) in [7, 11) is 1.12. The van der Waals surface area contributed by atoms with E-state index in [0.29, 0.717) is 0 Å². The summed E-state index contributed by atoms with van der Waals surface area (Å²) in [5.41, 5.74) is -0.112. The Morgan fingerprint density at radius 3 is 2.38 bits per heavy atom. The highest BCUT2D eigenvalue weighted by Gasteiger charge is 2.34. The fourth-order valence-electron chi connectivity index (χ4n) is 1.15. The Morgan fingerprint density at radius 1 is 1.31 bits per heavy atom. The van der Waals surface area contributed by atoms with Gasteiger partial charge in [0.2, 0.25) is 0 Å².